The molecule has 0 saturated carbocycles. The maximum absolute atomic E-state index is 11.9. The number of carbonyl (C=O) groups excluding carboxylic acids is 1. The highest BCUT2D eigenvalue weighted by Crippen LogP contribution is 2.30. The van der Waals surface area contributed by atoms with Crippen LogP contribution in [-0.2, 0) is 4.79 Å². The van der Waals surface area contributed by atoms with Gasteiger partial charge in [-0.15, -0.1) is 0 Å². The van der Waals surface area contributed by atoms with E-state index >= 15 is 0 Å². The second kappa shape index (κ2) is 4.85. The second-order valence-corrected chi connectivity index (χ2v) is 6.59. The van der Waals surface area contributed by atoms with Crippen molar-refractivity contribution in [3.05, 3.63) is 28.7 Å². The molecular formula is C11H10BrNOS2. The van der Waals surface area contributed by atoms with E-state index < -0.39 is 0 Å². The lowest BCUT2D eigenvalue weighted by atomic mass is 10.2. The van der Waals surface area contributed by atoms with Crippen LogP contribution in [0.4, 0.5) is 5.69 Å². The zero-order chi connectivity index (χ0) is 11.7. The zero-order valence-corrected chi connectivity index (χ0v) is 11.9. The fourth-order valence-electron chi connectivity index (χ4n) is 1.55. The molecule has 0 aliphatic carbocycles. The third-order valence-electron chi connectivity index (χ3n) is 2.28. The number of carbonyl (C=O) groups is 1. The van der Waals surface area contributed by atoms with Gasteiger partial charge in [-0.05, 0) is 24.3 Å². The fourth-order valence-corrected chi connectivity index (χ4v) is 3.39. The number of hydrogen-bond donors (Lipinski definition) is 0. The largest absolute Gasteiger partial charge is 0.274 e. The van der Waals surface area contributed by atoms with Gasteiger partial charge in [0, 0.05) is 16.1 Å². The van der Waals surface area contributed by atoms with Gasteiger partial charge >= 0.3 is 0 Å². The molecule has 0 radical (unpaired) electrons. The summed E-state index contributed by atoms with van der Waals surface area (Å²) in [6.07, 6.45) is 0.543. The first kappa shape index (κ1) is 12.1. The van der Waals surface area contributed by atoms with Gasteiger partial charge in [-0.25, -0.2) is 0 Å². The first-order valence-corrected chi connectivity index (χ1v) is 6.95. The molecule has 1 unspecified atom stereocenters. The number of rotatable bonds is 1. The molecule has 1 aliphatic rings. The molecule has 84 valence electrons. The number of hydrogen-bond acceptors (Lipinski definition) is 3. The maximum Gasteiger partial charge on any atom is 0.233 e. The molecule has 0 bridgehead atoms. The van der Waals surface area contributed by atoms with Gasteiger partial charge in [-0.2, -0.15) is 0 Å². The van der Waals surface area contributed by atoms with Crippen molar-refractivity contribution in [1.29, 1.82) is 0 Å². The molecule has 1 fully saturated rings. The second-order valence-electron chi connectivity index (χ2n) is 3.60. The lowest BCUT2D eigenvalue weighted by Gasteiger charge is -2.30. The molecule has 1 atom stereocenters. The minimum atomic E-state index is 0.0820. The molecule has 0 aromatic heterocycles. The topological polar surface area (TPSA) is 20.3 Å². The van der Waals surface area contributed by atoms with Crippen molar-refractivity contribution in [2.45, 2.75) is 18.6 Å². The lowest BCUT2D eigenvalue weighted by Crippen LogP contribution is -2.40. The van der Waals surface area contributed by atoms with Gasteiger partial charge < -0.3 is 0 Å². The molecule has 16 heavy (non-hydrogen) atoms. The summed E-state index contributed by atoms with van der Waals surface area (Å²) < 4.78 is 1.64. The highest BCUT2D eigenvalue weighted by molar-refractivity contribution is 9.10. The van der Waals surface area contributed by atoms with E-state index in [2.05, 4.69) is 15.9 Å². The Balaban J connectivity index is 2.29. The van der Waals surface area contributed by atoms with Crippen molar-refractivity contribution in [2.75, 3.05) is 4.90 Å². The minimum Gasteiger partial charge on any atom is -0.274 e. The Bertz CT molecular complexity index is 414. The molecule has 1 aliphatic heterocycles. The Labute approximate surface area is 113 Å². The molecule has 0 N–H and O–H groups in total. The van der Waals surface area contributed by atoms with Crippen LogP contribution in [0.1, 0.15) is 13.3 Å². The predicted octanol–water partition coefficient (Wildman–Crippen LogP) is 3.59. The van der Waals surface area contributed by atoms with Crippen LogP contribution in [0, 0.1) is 0 Å². The zero-order valence-electron chi connectivity index (χ0n) is 8.64. The summed E-state index contributed by atoms with van der Waals surface area (Å²) in [5.41, 5.74) is 0.845. The monoisotopic (exact) mass is 315 g/mol. The van der Waals surface area contributed by atoms with Gasteiger partial charge in [0.2, 0.25) is 5.91 Å². The molecule has 1 amide bonds. The van der Waals surface area contributed by atoms with Crippen molar-refractivity contribution < 1.29 is 4.79 Å². The van der Waals surface area contributed by atoms with Gasteiger partial charge in [0.1, 0.15) is 4.32 Å². The number of anilines is 1. The van der Waals surface area contributed by atoms with Crippen LogP contribution in [0.5, 0.6) is 0 Å². The van der Waals surface area contributed by atoms with Gasteiger partial charge in [0.25, 0.3) is 0 Å². The standard InChI is InChI=1S/C11H10BrNOS2/c1-7-6-10(14)13(11(15)16-7)9-4-2-8(12)3-5-9/h2-5,7H,6H2,1H3. The molecule has 2 nitrogen and oxygen atoms in total. The first-order chi connectivity index (χ1) is 7.58. The summed E-state index contributed by atoms with van der Waals surface area (Å²) >= 11 is 10.2. The lowest BCUT2D eigenvalue weighted by molar-refractivity contribution is -0.117. The molecular weight excluding hydrogens is 306 g/mol. The Morgan fingerprint density at radius 3 is 2.62 bits per heavy atom. The Morgan fingerprint density at radius 2 is 2.06 bits per heavy atom. The molecule has 1 aromatic rings. The molecule has 1 aromatic carbocycles. The summed E-state index contributed by atoms with van der Waals surface area (Å²) in [6, 6.07) is 7.61. The number of amides is 1. The van der Waals surface area contributed by atoms with Crippen molar-refractivity contribution in [3.8, 4) is 0 Å². The van der Waals surface area contributed by atoms with E-state index in [1.54, 1.807) is 16.7 Å². The summed E-state index contributed by atoms with van der Waals surface area (Å²) in [7, 11) is 0. The van der Waals surface area contributed by atoms with Crippen LogP contribution in [0.15, 0.2) is 28.7 Å². The van der Waals surface area contributed by atoms with Crippen LogP contribution in [-0.4, -0.2) is 15.5 Å². The van der Waals surface area contributed by atoms with E-state index in [9.17, 15) is 4.79 Å². The quantitative estimate of drug-likeness (QED) is 0.739. The van der Waals surface area contributed by atoms with E-state index in [0.29, 0.717) is 10.7 Å². The normalized spacial score (nSPS) is 21.4. The third-order valence-corrected chi connectivity index (χ3v) is 4.23. The number of thiocarbonyl (C=S) groups is 1. The summed E-state index contributed by atoms with van der Waals surface area (Å²) in [6.45, 7) is 2.02. The van der Waals surface area contributed by atoms with Gasteiger partial charge in [0.05, 0.1) is 5.69 Å². The Morgan fingerprint density at radius 1 is 1.44 bits per heavy atom. The molecule has 1 saturated heterocycles. The van der Waals surface area contributed by atoms with Crippen LogP contribution in [0.25, 0.3) is 0 Å². The van der Waals surface area contributed by atoms with E-state index in [1.807, 2.05) is 31.2 Å². The van der Waals surface area contributed by atoms with Gasteiger partial charge in [0.15, 0.2) is 0 Å². The van der Waals surface area contributed by atoms with Crippen LogP contribution in [0.2, 0.25) is 0 Å². The van der Waals surface area contributed by atoms with Crippen molar-refractivity contribution in [2.24, 2.45) is 0 Å². The first-order valence-electron chi connectivity index (χ1n) is 4.87. The van der Waals surface area contributed by atoms with E-state index in [4.69, 9.17) is 12.2 Å². The minimum absolute atomic E-state index is 0.0820. The predicted molar refractivity (Wildman–Crippen MR) is 75.9 cm³/mol. The Kier molecular flexibility index (Phi) is 3.66. The highest BCUT2D eigenvalue weighted by Gasteiger charge is 2.29. The number of thioether (sulfide) groups is 1. The van der Waals surface area contributed by atoms with E-state index in [1.165, 1.54) is 0 Å². The number of nitrogens with zero attached hydrogens (tertiary/aromatic N) is 1. The van der Waals surface area contributed by atoms with Crippen LogP contribution >= 0.6 is 39.9 Å². The van der Waals surface area contributed by atoms with E-state index in [0.717, 1.165) is 10.2 Å². The average molecular weight is 316 g/mol. The van der Waals surface area contributed by atoms with E-state index in [-0.39, 0.29) is 11.2 Å². The summed E-state index contributed by atoms with van der Waals surface area (Å²) in [4.78, 5) is 13.5. The maximum atomic E-state index is 11.9. The fraction of sp³-hybridized carbons (Fsp3) is 0.273. The molecule has 1 heterocycles. The highest BCUT2D eigenvalue weighted by atomic mass is 79.9. The molecule has 2 rings (SSSR count). The van der Waals surface area contributed by atoms with Gasteiger partial charge in [-0.1, -0.05) is 46.8 Å². The Hall–Kier alpha value is -0.390. The summed E-state index contributed by atoms with van der Waals surface area (Å²) in [5.74, 6) is 0.0820. The van der Waals surface area contributed by atoms with Gasteiger partial charge in [-0.3, -0.25) is 9.69 Å². The smallest absolute Gasteiger partial charge is 0.233 e. The van der Waals surface area contributed by atoms with Crippen molar-refractivity contribution >= 4 is 55.8 Å². The van der Waals surface area contributed by atoms with Crippen molar-refractivity contribution in [3.63, 3.8) is 0 Å². The molecule has 5 heteroatoms. The third kappa shape index (κ3) is 2.47. The summed E-state index contributed by atoms with van der Waals surface area (Å²) in [5, 5.41) is 0.284. The van der Waals surface area contributed by atoms with Crippen molar-refractivity contribution in [1.82, 2.24) is 0 Å². The number of benzene rings is 1. The molecule has 0 spiro atoms. The van der Waals surface area contributed by atoms with Crippen LogP contribution in [0.3, 0.4) is 0 Å². The average Bonchev–Trinajstić information content (AvgIpc) is 2.19. The SMILES string of the molecule is CC1CC(=O)N(c2ccc(Br)cc2)C(=S)S1. The van der Waals surface area contributed by atoms with Crippen LogP contribution < -0.4 is 4.90 Å². The number of halogens is 1.